The van der Waals surface area contributed by atoms with Crippen LogP contribution in [0.5, 0.6) is 11.5 Å². The molecule has 0 radical (unpaired) electrons. The second kappa shape index (κ2) is 9.29. The standard InChI is InChI=1S/C20H23F2NO3/c1-4-25-19-10-7-16(14(2)24)11-17(19)13-23(3)12-15-5-8-18(9-6-15)26-20(21)22/h5-11,20H,4,12-13H2,1-3H3. The first-order valence-corrected chi connectivity index (χ1v) is 8.38. The van der Waals surface area contributed by atoms with E-state index in [2.05, 4.69) is 9.64 Å². The van der Waals surface area contributed by atoms with E-state index in [9.17, 15) is 13.6 Å². The normalized spacial score (nSPS) is 11.0. The molecule has 26 heavy (non-hydrogen) atoms. The molecule has 0 aliphatic carbocycles. The summed E-state index contributed by atoms with van der Waals surface area (Å²) >= 11 is 0. The Kier molecular flexibility index (Phi) is 7.09. The first-order valence-electron chi connectivity index (χ1n) is 8.38. The maximum absolute atomic E-state index is 12.2. The lowest BCUT2D eigenvalue weighted by Crippen LogP contribution is -2.18. The Morgan fingerprint density at radius 2 is 1.81 bits per heavy atom. The van der Waals surface area contributed by atoms with Gasteiger partial charge in [-0.1, -0.05) is 12.1 Å². The molecule has 0 unspecified atom stereocenters. The summed E-state index contributed by atoms with van der Waals surface area (Å²) in [4.78, 5) is 13.7. The minimum absolute atomic E-state index is 0.00608. The molecule has 0 saturated heterocycles. The van der Waals surface area contributed by atoms with Crippen LogP contribution in [0, 0.1) is 0 Å². The number of hydrogen-bond donors (Lipinski definition) is 0. The molecule has 0 heterocycles. The molecule has 140 valence electrons. The number of benzene rings is 2. The van der Waals surface area contributed by atoms with E-state index < -0.39 is 6.61 Å². The summed E-state index contributed by atoms with van der Waals surface area (Å²) in [5, 5.41) is 0. The van der Waals surface area contributed by atoms with Crippen LogP contribution in [0.3, 0.4) is 0 Å². The van der Waals surface area contributed by atoms with E-state index in [1.54, 1.807) is 18.2 Å². The molecular weight excluding hydrogens is 340 g/mol. The highest BCUT2D eigenvalue weighted by Crippen LogP contribution is 2.23. The van der Waals surface area contributed by atoms with Gasteiger partial charge in [-0.15, -0.1) is 0 Å². The maximum atomic E-state index is 12.2. The van der Waals surface area contributed by atoms with Crippen molar-refractivity contribution in [1.82, 2.24) is 4.90 Å². The number of Topliss-reactive ketones (excluding diaryl/α,β-unsaturated/α-hetero) is 1. The molecular formula is C20H23F2NO3. The molecule has 0 aromatic heterocycles. The monoisotopic (exact) mass is 363 g/mol. The molecule has 2 aromatic rings. The molecule has 2 aromatic carbocycles. The predicted molar refractivity (Wildman–Crippen MR) is 95.9 cm³/mol. The summed E-state index contributed by atoms with van der Waals surface area (Å²) in [5.74, 6) is 0.899. The van der Waals surface area contributed by atoms with Crippen molar-refractivity contribution in [3.63, 3.8) is 0 Å². The predicted octanol–water partition coefficient (Wildman–Crippen LogP) is 4.52. The number of rotatable bonds is 9. The maximum Gasteiger partial charge on any atom is 0.387 e. The van der Waals surface area contributed by atoms with Crippen LogP contribution in [0.2, 0.25) is 0 Å². The van der Waals surface area contributed by atoms with E-state index in [0.29, 0.717) is 25.3 Å². The Morgan fingerprint density at radius 1 is 1.12 bits per heavy atom. The number of nitrogens with zero attached hydrogens (tertiary/aromatic N) is 1. The third kappa shape index (κ3) is 5.81. The van der Waals surface area contributed by atoms with E-state index in [0.717, 1.165) is 16.9 Å². The lowest BCUT2D eigenvalue weighted by atomic mass is 10.1. The van der Waals surface area contributed by atoms with Crippen LogP contribution in [-0.4, -0.2) is 30.9 Å². The summed E-state index contributed by atoms with van der Waals surface area (Å²) < 4.78 is 34.4. The van der Waals surface area contributed by atoms with Gasteiger partial charge in [0.2, 0.25) is 0 Å². The first-order chi connectivity index (χ1) is 12.4. The molecule has 0 bridgehead atoms. The number of carbonyl (C=O) groups is 1. The van der Waals surface area contributed by atoms with E-state index in [4.69, 9.17) is 4.74 Å². The molecule has 6 heteroatoms. The van der Waals surface area contributed by atoms with Gasteiger partial charge in [0.1, 0.15) is 11.5 Å². The van der Waals surface area contributed by atoms with Crippen molar-refractivity contribution in [3.05, 3.63) is 59.2 Å². The highest BCUT2D eigenvalue weighted by atomic mass is 19.3. The van der Waals surface area contributed by atoms with Gasteiger partial charge in [-0.25, -0.2) is 0 Å². The number of halogens is 2. The SMILES string of the molecule is CCOc1ccc(C(C)=O)cc1CN(C)Cc1ccc(OC(F)F)cc1. The second-order valence-electron chi connectivity index (χ2n) is 6.01. The summed E-state index contributed by atoms with van der Waals surface area (Å²) in [6.45, 7) is 2.37. The summed E-state index contributed by atoms with van der Waals surface area (Å²) in [5.41, 5.74) is 2.54. The largest absolute Gasteiger partial charge is 0.494 e. The molecule has 0 amide bonds. The van der Waals surface area contributed by atoms with Crippen LogP contribution in [0.25, 0.3) is 0 Å². The van der Waals surface area contributed by atoms with Gasteiger partial charge in [0.15, 0.2) is 5.78 Å². The summed E-state index contributed by atoms with van der Waals surface area (Å²) in [6, 6.07) is 12.0. The van der Waals surface area contributed by atoms with E-state index in [1.165, 1.54) is 19.1 Å². The van der Waals surface area contributed by atoms with Crippen LogP contribution in [-0.2, 0) is 13.1 Å². The minimum Gasteiger partial charge on any atom is -0.494 e. The smallest absolute Gasteiger partial charge is 0.387 e. The zero-order chi connectivity index (χ0) is 19.1. The molecule has 0 aliphatic heterocycles. The van der Waals surface area contributed by atoms with Gasteiger partial charge in [0, 0.05) is 24.2 Å². The third-order valence-corrected chi connectivity index (χ3v) is 3.81. The van der Waals surface area contributed by atoms with Crippen LogP contribution >= 0.6 is 0 Å². The fraction of sp³-hybridized carbons (Fsp3) is 0.350. The van der Waals surface area contributed by atoms with Gasteiger partial charge >= 0.3 is 6.61 Å². The zero-order valence-corrected chi connectivity index (χ0v) is 15.2. The number of ketones is 1. The number of hydrogen-bond acceptors (Lipinski definition) is 4. The third-order valence-electron chi connectivity index (χ3n) is 3.81. The van der Waals surface area contributed by atoms with Gasteiger partial charge in [-0.05, 0) is 56.8 Å². The molecule has 0 atom stereocenters. The van der Waals surface area contributed by atoms with Gasteiger partial charge < -0.3 is 9.47 Å². The van der Waals surface area contributed by atoms with Crippen molar-refractivity contribution in [3.8, 4) is 11.5 Å². The number of carbonyl (C=O) groups excluding carboxylic acids is 1. The van der Waals surface area contributed by atoms with Crippen molar-refractivity contribution in [2.75, 3.05) is 13.7 Å². The van der Waals surface area contributed by atoms with Gasteiger partial charge in [-0.2, -0.15) is 8.78 Å². The Bertz CT molecular complexity index is 732. The Labute approximate surface area is 152 Å². The molecule has 0 spiro atoms. The van der Waals surface area contributed by atoms with E-state index in [-0.39, 0.29) is 11.5 Å². The average Bonchev–Trinajstić information content (AvgIpc) is 2.57. The zero-order valence-electron chi connectivity index (χ0n) is 15.2. The Hall–Kier alpha value is -2.47. The topological polar surface area (TPSA) is 38.8 Å². The highest BCUT2D eigenvalue weighted by molar-refractivity contribution is 5.94. The average molecular weight is 363 g/mol. The van der Waals surface area contributed by atoms with Crippen LogP contribution in [0.15, 0.2) is 42.5 Å². The second-order valence-corrected chi connectivity index (χ2v) is 6.01. The molecule has 0 N–H and O–H groups in total. The van der Waals surface area contributed by atoms with Crippen LogP contribution in [0.1, 0.15) is 35.3 Å². The summed E-state index contributed by atoms with van der Waals surface area (Å²) in [6.07, 6.45) is 0. The highest BCUT2D eigenvalue weighted by Gasteiger charge is 2.11. The lowest BCUT2D eigenvalue weighted by molar-refractivity contribution is -0.0498. The molecule has 0 saturated carbocycles. The van der Waals surface area contributed by atoms with Crippen molar-refractivity contribution in [2.24, 2.45) is 0 Å². The number of alkyl halides is 2. The van der Waals surface area contributed by atoms with Crippen molar-refractivity contribution in [1.29, 1.82) is 0 Å². The molecule has 2 rings (SSSR count). The first kappa shape index (κ1) is 19.8. The van der Waals surface area contributed by atoms with Crippen molar-refractivity contribution >= 4 is 5.78 Å². The molecule has 4 nitrogen and oxygen atoms in total. The fourth-order valence-electron chi connectivity index (χ4n) is 2.65. The molecule has 0 aliphatic rings. The van der Waals surface area contributed by atoms with Gasteiger partial charge in [0.25, 0.3) is 0 Å². The van der Waals surface area contributed by atoms with Crippen molar-refractivity contribution in [2.45, 2.75) is 33.5 Å². The van der Waals surface area contributed by atoms with Crippen LogP contribution in [0.4, 0.5) is 8.78 Å². The van der Waals surface area contributed by atoms with E-state index in [1.807, 2.05) is 26.1 Å². The fourth-order valence-corrected chi connectivity index (χ4v) is 2.65. The van der Waals surface area contributed by atoms with E-state index >= 15 is 0 Å². The lowest BCUT2D eigenvalue weighted by Gasteiger charge is -2.19. The van der Waals surface area contributed by atoms with Gasteiger partial charge in [0.05, 0.1) is 6.61 Å². The Balaban J connectivity index is 2.07. The summed E-state index contributed by atoms with van der Waals surface area (Å²) in [7, 11) is 1.94. The van der Waals surface area contributed by atoms with Crippen LogP contribution < -0.4 is 9.47 Å². The van der Waals surface area contributed by atoms with Crippen molar-refractivity contribution < 1.29 is 23.0 Å². The number of ether oxygens (including phenoxy) is 2. The quantitative estimate of drug-likeness (QED) is 0.614. The van der Waals surface area contributed by atoms with Gasteiger partial charge in [-0.3, -0.25) is 9.69 Å². The minimum atomic E-state index is -2.82. The molecule has 0 fully saturated rings. The Morgan fingerprint density at radius 3 is 2.38 bits per heavy atom.